The van der Waals surface area contributed by atoms with Crippen molar-refractivity contribution in [3.63, 3.8) is 0 Å². The van der Waals surface area contributed by atoms with E-state index in [-0.39, 0.29) is 30.4 Å². The molecule has 4 rings (SSSR count). The number of rotatable bonds is 9. The minimum Gasteiger partial charge on any atom is -0.356 e. The normalized spacial score (nSPS) is 17.2. The van der Waals surface area contributed by atoms with Crippen LogP contribution in [0.1, 0.15) is 28.2 Å². The molecule has 170 valence electrons. The predicted octanol–water partition coefficient (Wildman–Crippen LogP) is 1.24. The zero-order valence-corrected chi connectivity index (χ0v) is 18.5. The predicted molar refractivity (Wildman–Crippen MR) is 123 cm³/mol. The van der Waals surface area contributed by atoms with Crippen molar-refractivity contribution in [1.82, 2.24) is 25.9 Å². The first-order chi connectivity index (χ1) is 16.0. The van der Waals surface area contributed by atoms with Gasteiger partial charge in [0.05, 0.1) is 23.3 Å². The summed E-state index contributed by atoms with van der Waals surface area (Å²) in [4.78, 5) is 58.9. The van der Waals surface area contributed by atoms with E-state index in [4.69, 9.17) is 0 Å². The summed E-state index contributed by atoms with van der Waals surface area (Å²) in [6, 6.07) is 9.15. The minimum atomic E-state index is -0.927. The average Bonchev–Trinajstić information content (AvgIpc) is 3.49. The molecule has 0 spiro atoms. The van der Waals surface area contributed by atoms with E-state index in [0.29, 0.717) is 30.3 Å². The number of benzene rings is 1. The summed E-state index contributed by atoms with van der Waals surface area (Å²) in [5.41, 5.74) is 1.32. The molecule has 3 heterocycles. The SMILES string of the molecule is O=C[C@H](C[C@@H]1CCNC1=O)NC(=O)[C@H](Cc1cccs1)NC(=O)c1cnc2ccccc2n1. The van der Waals surface area contributed by atoms with Gasteiger partial charge in [-0.2, -0.15) is 0 Å². The van der Waals surface area contributed by atoms with Gasteiger partial charge in [-0.25, -0.2) is 4.98 Å². The summed E-state index contributed by atoms with van der Waals surface area (Å²) in [7, 11) is 0. The fourth-order valence-electron chi connectivity index (χ4n) is 3.75. The Hall–Kier alpha value is -3.66. The Bertz CT molecular complexity index is 1170. The Labute approximate surface area is 194 Å². The Balaban J connectivity index is 1.48. The smallest absolute Gasteiger partial charge is 0.272 e. The number of aromatic nitrogens is 2. The minimum absolute atomic E-state index is 0.0900. The van der Waals surface area contributed by atoms with E-state index in [1.54, 1.807) is 18.2 Å². The van der Waals surface area contributed by atoms with Crippen LogP contribution in [-0.4, -0.2) is 52.6 Å². The molecule has 1 aromatic carbocycles. The molecular weight excluding hydrogens is 442 g/mol. The van der Waals surface area contributed by atoms with Gasteiger partial charge in [0.2, 0.25) is 11.8 Å². The zero-order valence-electron chi connectivity index (χ0n) is 17.7. The summed E-state index contributed by atoms with van der Waals surface area (Å²) in [5.74, 6) is -1.48. The van der Waals surface area contributed by atoms with Crippen molar-refractivity contribution in [1.29, 1.82) is 0 Å². The second-order valence-corrected chi connectivity index (χ2v) is 8.85. The molecule has 3 N–H and O–H groups in total. The Morgan fingerprint density at radius 1 is 1.18 bits per heavy atom. The van der Waals surface area contributed by atoms with Gasteiger partial charge in [-0.15, -0.1) is 11.3 Å². The maximum absolute atomic E-state index is 13.1. The van der Waals surface area contributed by atoms with Crippen molar-refractivity contribution in [2.24, 2.45) is 5.92 Å². The van der Waals surface area contributed by atoms with Crippen LogP contribution in [0.4, 0.5) is 0 Å². The van der Waals surface area contributed by atoms with Gasteiger partial charge in [0.1, 0.15) is 18.0 Å². The number of carbonyl (C=O) groups is 4. The standard InChI is InChI=1S/C23H23N5O4S/c29-13-15(10-14-7-8-24-21(14)30)26-22(31)19(11-16-4-3-9-33-16)28-23(32)20-12-25-17-5-1-2-6-18(17)27-20/h1-6,9,12-15,19H,7-8,10-11H2,(H,24,30)(H,26,31)(H,28,32)/t14-,15-,19-/m0/s1. The van der Waals surface area contributed by atoms with Crippen LogP contribution in [-0.2, 0) is 20.8 Å². The number of nitrogens with one attached hydrogen (secondary N) is 3. The fraction of sp³-hybridized carbons (Fsp3) is 0.304. The molecule has 0 saturated carbocycles. The monoisotopic (exact) mass is 465 g/mol. The Morgan fingerprint density at radius 2 is 2.00 bits per heavy atom. The van der Waals surface area contributed by atoms with Gasteiger partial charge in [0.15, 0.2) is 0 Å². The Morgan fingerprint density at radius 3 is 2.70 bits per heavy atom. The number of nitrogens with zero attached hydrogens (tertiary/aromatic N) is 2. The number of fused-ring (bicyclic) bond motifs is 1. The highest BCUT2D eigenvalue weighted by atomic mass is 32.1. The highest BCUT2D eigenvalue weighted by Crippen LogP contribution is 2.16. The topological polar surface area (TPSA) is 130 Å². The summed E-state index contributed by atoms with van der Waals surface area (Å²) >= 11 is 1.46. The molecule has 1 aliphatic heterocycles. The van der Waals surface area contributed by atoms with E-state index < -0.39 is 23.9 Å². The molecular formula is C23H23N5O4S. The summed E-state index contributed by atoms with van der Waals surface area (Å²) < 4.78 is 0. The number of para-hydroxylation sites is 2. The van der Waals surface area contributed by atoms with Gasteiger partial charge in [0, 0.05) is 23.8 Å². The van der Waals surface area contributed by atoms with Crippen LogP contribution in [0.15, 0.2) is 48.0 Å². The van der Waals surface area contributed by atoms with Crippen molar-refractivity contribution in [2.45, 2.75) is 31.3 Å². The Kier molecular flexibility index (Phi) is 7.04. The average molecular weight is 466 g/mol. The number of thiophene rings is 1. The molecule has 0 radical (unpaired) electrons. The van der Waals surface area contributed by atoms with E-state index >= 15 is 0 Å². The molecule has 0 unspecified atom stereocenters. The second kappa shape index (κ2) is 10.3. The molecule has 3 amide bonds. The first-order valence-corrected chi connectivity index (χ1v) is 11.5. The van der Waals surface area contributed by atoms with Crippen LogP contribution in [0, 0.1) is 5.92 Å². The van der Waals surface area contributed by atoms with Crippen LogP contribution < -0.4 is 16.0 Å². The highest BCUT2D eigenvalue weighted by molar-refractivity contribution is 7.09. The molecule has 9 nitrogen and oxygen atoms in total. The van der Waals surface area contributed by atoms with E-state index in [1.165, 1.54) is 17.5 Å². The molecule has 3 atom stereocenters. The third kappa shape index (κ3) is 5.58. The largest absolute Gasteiger partial charge is 0.356 e. The summed E-state index contributed by atoms with van der Waals surface area (Å²) in [5, 5.41) is 10.0. The lowest BCUT2D eigenvalue weighted by atomic mass is 9.98. The zero-order chi connectivity index (χ0) is 23.2. The van der Waals surface area contributed by atoms with E-state index in [1.807, 2.05) is 23.6 Å². The molecule has 1 fully saturated rings. The number of aldehydes is 1. The van der Waals surface area contributed by atoms with E-state index in [0.717, 1.165) is 4.88 Å². The van der Waals surface area contributed by atoms with E-state index in [2.05, 4.69) is 25.9 Å². The van der Waals surface area contributed by atoms with Gasteiger partial charge >= 0.3 is 0 Å². The van der Waals surface area contributed by atoms with Crippen LogP contribution in [0.3, 0.4) is 0 Å². The second-order valence-electron chi connectivity index (χ2n) is 7.82. The number of hydrogen-bond donors (Lipinski definition) is 3. The fourth-order valence-corrected chi connectivity index (χ4v) is 4.50. The van der Waals surface area contributed by atoms with Gasteiger partial charge in [-0.3, -0.25) is 19.4 Å². The van der Waals surface area contributed by atoms with Gasteiger partial charge in [-0.05, 0) is 36.4 Å². The van der Waals surface area contributed by atoms with Crippen LogP contribution >= 0.6 is 11.3 Å². The summed E-state index contributed by atoms with van der Waals surface area (Å²) in [6.45, 7) is 0.562. The first kappa shape index (κ1) is 22.5. The third-order valence-electron chi connectivity index (χ3n) is 5.48. The molecule has 1 saturated heterocycles. The van der Waals surface area contributed by atoms with Crippen molar-refractivity contribution in [3.05, 3.63) is 58.5 Å². The van der Waals surface area contributed by atoms with E-state index in [9.17, 15) is 19.2 Å². The van der Waals surface area contributed by atoms with Gasteiger partial charge < -0.3 is 20.7 Å². The van der Waals surface area contributed by atoms with Crippen molar-refractivity contribution < 1.29 is 19.2 Å². The molecule has 0 bridgehead atoms. The molecule has 1 aliphatic rings. The molecule has 33 heavy (non-hydrogen) atoms. The quantitative estimate of drug-likeness (QED) is 0.408. The highest BCUT2D eigenvalue weighted by Gasteiger charge is 2.30. The maximum atomic E-state index is 13.1. The van der Waals surface area contributed by atoms with Crippen LogP contribution in [0.5, 0.6) is 0 Å². The number of amides is 3. The lowest BCUT2D eigenvalue weighted by molar-refractivity contribution is -0.127. The summed E-state index contributed by atoms with van der Waals surface area (Å²) in [6.07, 6.45) is 3.09. The van der Waals surface area contributed by atoms with Gasteiger partial charge in [0.25, 0.3) is 5.91 Å². The van der Waals surface area contributed by atoms with Crippen molar-refractivity contribution in [2.75, 3.05) is 6.54 Å². The van der Waals surface area contributed by atoms with Crippen molar-refractivity contribution >= 4 is 46.4 Å². The molecule has 3 aromatic rings. The third-order valence-corrected chi connectivity index (χ3v) is 6.38. The van der Waals surface area contributed by atoms with Crippen LogP contribution in [0.25, 0.3) is 11.0 Å². The van der Waals surface area contributed by atoms with Gasteiger partial charge in [-0.1, -0.05) is 18.2 Å². The molecule has 2 aromatic heterocycles. The number of hydrogen-bond acceptors (Lipinski definition) is 7. The lowest BCUT2D eigenvalue weighted by Gasteiger charge is -2.21. The van der Waals surface area contributed by atoms with Crippen molar-refractivity contribution in [3.8, 4) is 0 Å². The molecule has 0 aliphatic carbocycles. The van der Waals surface area contributed by atoms with Crippen LogP contribution in [0.2, 0.25) is 0 Å². The lowest BCUT2D eigenvalue weighted by Crippen LogP contribution is -2.51. The first-order valence-electron chi connectivity index (χ1n) is 10.6. The maximum Gasteiger partial charge on any atom is 0.272 e. The number of carbonyl (C=O) groups excluding carboxylic acids is 4. The molecule has 10 heteroatoms.